The van der Waals surface area contributed by atoms with Crippen LogP contribution < -0.4 is 11.1 Å². The smallest absolute Gasteiger partial charge is 0.326 e. The number of carbonyl (C=O) groups is 3. The first-order valence-corrected chi connectivity index (χ1v) is 6.40. The minimum atomic E-state index is -1.08. The zero-order valence-electron chi connectivity index (χ0n) is 11.8. The number of amides is 3. The Balaban J connectivity index is 2.91. The van der Waals surface area contributed by atoms with Crippen molar-refractivity contribution in [1.29, 1.82) is 0 Å². The van der Waals surface area contributed by atoms with Gasteiger partial charge in [-0.2, -0.15) is 0 Å². The van der Waals surface area contributed by atoms with E-state index in [1.54, 1.807) is 13.8 Å². The lowest BCUT2D eigenvalue weighted by Gasteiger charge is -2.28. The number of methoxy groups -OCH3 is 1. The first-order chi connectivity index (χ1) is 9.27. The van der Waals surface area contributed by atoms with Crippen LogP contribution in [0.3, 0.4) is 0 Å². The van der Waals surface area contributed by atoms with E-state index in [1.807, 2.05) is 0 Å². The first kappa shape index (κ1) is 16.2. The summed E-state index contributed by atoms with van der Waals surface area (Å²) in [5.41, 5.74) is 5.05. The molecule has 0 spiro atoms. The molecular formula is C12H21N3O5. The molecule has 1 rings (SSSR count). The minimum absolute atomic E-state index is 0.190. The van der Waals surface area contributed by atoms with Gasteiger partial charge < -0.3 is 25.8 Å². The van der Waals surface area contributed by atoms with Gasteiger partial charge in [-0.25, -0.2) is 9.59 Å². The van der Waals surface area contributed by atoms with Crippen molar-refractivity contribution in [3.05, 3.63) is 0 Å². The molecule has 1 fully saturated rings. The zero-order valence-corrected chi connectivity index (χ0v) is 11.8. The molecule has 3 atom stereocenters. The third-order valence-corrected chi connectivity index (χ3v) is 3.39. The molecule has 4 N–H and O–H groups in total. The Morgan fingerprint density at radius 3 is 2.40 bits per heavy atom. The molecule has 0 aliphatic carbocycles. The average Bonchev–Trinajstić information content (AvgIpc) is 2.78. The number of nitrogens with one attached hydrogen (secondary N) is 1. The summed E-state index contributed by atoms with van der Waals surface area (Å²) >= 11 is 0. The van der Waals surface area contributed by atoms with Crippen molar-refractivity contribution in [3.8, 4) is 0 Å². The van der Waals surface area contributed by atoms with Gasteiger partial charge in [0.25, 0.3) is 0 Å². The Kier molecular flexibility index (Phi) is 5.32. The van der Waals surface area contributed by atoms with E-state index in [4.69, 9.17) is 10.5 Å². The largest absolute Gasteiger partial charge is 0.480 e. The van der Waals surface area contributed by atoms with Gasteiger partial charge in [-0.1, -0.05) is 13.8 Å². The molecule has 1 saturated heterocycles. The summed E-state index contributed by atoms with van der Waals surface area (Å²) in [7, 11) is 1.47. The second-order valence-corrected chi connectivity index (χ2v) is 5.17. The molecule has 0 radical (unpaired) electrons. The van der Waals surface area contributed by atoms with Crippen LogP contribution in [0.25, 0.3) is 0 Å². The standard InChI is InChI=1S/C12H21N3O5/c1-6(2)9(14-12(13)19)10(16)15-5-7(20-3)4-8(15)11(17)18/h6-9H,4-5H2,1-3H3,(H,17,18)(H3,13,14,19). The topological polar surface area (TPSA) is 122 Å². The highest BCUT2D eigenvalue weighted by Gasteiger charge is 2.42. The number of likely N-dealkylation sites (tertiary alicyclic amines) is 1. The summed E-state index contributed by atoms with van der Waals surface area (Å²) in [5.74, 6) is -1.74. The van der Waals surface area contributed by atoms with Crippen LogP contribution >= 0.6 is 0 Å². The lowest BCUT2D eigenvalue weighted by Crippen LogP contribution is -2.54. The van der Waals surface area contributed by atoms with Crippen molar-refractivity contribution in [2.75, 3.05) is 13.7 Å². The fourth-order valence-corrected chi connectivity index (χ4v) is 2.29. The van der Waals surface area contributed by atoms with Crippen LogP contribution in [0.5, 0.6) is 0 Å². The van der Waals surface area contributed by atoms with Crippen molar-refractivity contribution in [3.63, 3.8) is 0 Å². The highest BCUT2D eigenvalue weighted by atomic mass is 16.5. The monoisotopic (exact) mass is 287 g/mol. The normalized spacial score (nSPS) is 23.7. The number of nitrogens with two attached hydrogens (primary N) is 1. The molecule has 8 nitrogen and oxygen atoms in total. The molecule has 3 unspecified atom stereocenters. The van der Waals surface area contributed by atoms with Crippen LogP contribution in [0, 0.1) is 5.92 Å². The average molecular weight is 287 g/mol. The Labute approximate surface area is 117 Å². The van der Waals surface area contributed by atoms with Gasteiger partial charge in [-0.3, -0.25) is 4.79 Å². The van der Waals surface area contributed by atoms with E-state index in [0.29, 0.717) is 0 Å². The Morgan fingerprint density at radius 2 is 2.00 bits per heavy atom. The van der Waals surface area contributed by atoms with E-state index in [0.717, 1.165) is 0 Å². The quantitative estimate of drug-likeness (QED) is 0.622. The number of aliphatic carboxylic acids is 1. The molecule has 0 bridgehead atoms. The maximum Gasteiger partial charge on any atom is 0.326 e. The molecule has 0 aromatic carbocycles. The number of nitrogens with zero attached hydrogens (tertiary/aromatic N) is 1. The molecule has 8 heteroatoms. The van der Waals surface area contributed by atoms with Crippen LogP contribution in [0.15, 0.2) is 0 Å². The minimum Gasteiger partial charge on any atom is -0.480 e. The number of hydrogen-bond donors (Lipinski definition) is 3. The molecular weight excluding hydrogens is 266 g/mol. The van der Waals surface area contributed by atoms with Crippen LogP contribution in [-0.2, 0) is 14.3 Å². The SMILES string of the molecule is COC1CC(C(=O)O)N(C(=O)C(NC(N)=O)C(C)C)C1. The van der Waals surface area contributed by atoms with Crippen LogP contribution in [-0.4, -0.2) is 59.8 Å². The second kappa shape index (κ2) is 6.56. The highest BCUT2D eigenvalue weighted by molar-refractivity contribution is 5.90. The maximum absolute atomic E-state index is 12.4. The fraction of sp³-hybridized carbons (Fsp3) is 0.750. The van der Waals surface area contributed by atoms with Crippen molar-refractivity contribution in [2.45, 2.75) is 38.5 Å². The zero-order chi connectivity index (χ0) is 15.4. The Bertz CT molecular complexity index is 399. The van der Waals surface area contributed by atoms with Crippen LogP contribution in [0.4, 0.5) is 4.79 Å². The Morgan fingerprint density at radius 1 is 1.40 bits per heavy atom. The van der Waals surface area contributed by atoms with Crippen LogP contribution in [0.2, 0.25) is 0 Å². The predicted octanol–water partition coefficient (Wildman–Crippen LogP) is -0.620. The van der Waals surface area contributed by atoms with E-state index in [2.05, 4.69) is 5.32 Å². The van der Waals surface area contributed by atoms with Gasteiger partial charge in [0.2, 0.25) is 5.91 Å². The summed E-state index contributed by atoms with van der Waals surface area (Å²) in [6.07, 6.45) is -0.0830. The van der Waals surface area contributed by atoms with E-state index >= 15 is 0 Å². The summed E-state index contributed by atoms with van der Waals surface area (Å²) in [5, 5.41) is 11.5. The van der Waals surface area contributed by atoms with Crippen LogP contribution in [0.1, 0.15) is 20.3 Å². The van der Waals surface area contributed by atoms with Crippen molar-refractivity contribution in [1.82, 2.24) is 10.2 Å². The van der Waals surface area contributed by atoms with E-state index < -0.39 is 30.0 Å². The molecule has 1 aliphatic heterocycles. The van der Waals surface area contributed by atoms with Gasteiger partial charge in [-0.15, -0.1) is 0 Å². The summed E-state index contributed by atoms with van der Waals surface area (Å²) in [6.45, 7) is 3.69. The molecule has 0 aromatic rings. The number of ether oxygens (including phenoxy) is 1. The Hall–Kier alpha value is -1.83. The summed E-state index contributed by atoms with van der Waals surface area (Å²) < 4.78 is 5.12. The molecule has 114 valence electrons. The number of carbonyl (C=O) groups excluding carboxylic acids is 2. The lowest BCUT2D eigenvalue weighted by atomic mass is 10.0. The molecule has 20 heavy (non-hydrogen) atoms. The number of primary amides is 1. The number of carboxylic acids is 1. The number of carboxylic acid groups (broad SMARTS) is 1. The van der Waals surface area contributed by atoms with Crippen molar-refractivity contribution >= 4 is 17.9 Å². The number of rotatable bonds is 5. The fourth-order valence-electron chi connectivity index (χ4n) is 2.29. The summed E-state index contributed by atoms with van der Waals surface area (Å²) in [6, 6.07) is -2.60. The van der Waals surface area contributed by atoms with E-state index in [9.17, 15) is 19.5 Å². The van der Waals surface area contributed by atoms with Gasteiger partial charge in [-0.05, 0) is 5.92 Å². The number of urea groups is 1. The molecule has 1 heterocycles. The maximum atomic E-state index is 12.4. The third kappa shape index (κ3) is 3.60. The number of hydrogen-bond acceptors (Lipinski definition) is 4. The van der Waals surface area contributed by atoms with Gasteiger partial charge in [0.15, 0.2) is 0 Å². The van der Waals surface area contributed by atoms with Crippen molar-refractivity contribution < 1.29 is 24.2 Å². The van der Waals surface area contributed by atoms with Gasteiger partial charge in [0, 0.05) is 20.1 Å². The molecule has 1 aliphatic rings. The molecule has 3 amide bonds. The van der Waals surface area contributed by atoms with E-state index in [1.165, 1.54) is 12.0 Å². The third-order valence-electron chi connectivity index (χ3n) is 3.39. The van der Waals surface area contributed by atoms with E-state index in [-0.39, 0.29) is 25.0 Å². The molecule has 0 saturated carbocycles. The first-order valence-electron chi connectivity index (χ1n) is 6.40. The molecule has 0 aromatic heterocycles. The summed E-state index contributed by atoms with van der Waals surface area (Å²) in [4.78, 5) is 35.9. The highest BCUT2D eigenvalue weighted by Crippen LogP contribution is 2.22. The van der Waals surface area contributed by atoms with Crippen molar-refractivity contribution in [2.24, 2.45) is 11.7 Å². The predicted molar refractivity (Wildman–Crippen MR) is 69.9 cm³/mol. The van der Waals surface area contributed by atoms with Gasteiger partial charge >= 0.3 is 12.0 Å². The second-order valence-electron chi connectivity index (χ2n) is 5.17. The van der Waals surface area contributed by atoms with Gasteiger partial charge in [0.05, 0.1) is 6.10 Å². The lowest BCUT2D eigenvalue weighted by molar-refractivity contribution is -0.149. The van der Waals surface area contributed by atoms with Gasteiger partial charge in [0.1, 0.15) is 12.1 Å².